The molecule has 0 aromatic rings. The van der Waals surface area contributed by atoms with E-state index in [2.05, 4.69) is 70.7 Å². The van der Waals surface area contributed by atoms with Gasteiger partial charge in [0.15, 0.2) is 0 Å². The number of allylic oxidation sites excluding steroid dienone is 2. The standard InChI is InChI=1S/C63H122N2O7/c1-8-13-18-23-24-25-30-39-50-65(51-41-49-64(6)7)53-60(54-69-52-40-31-26-27-36-46-61(66)70-55-58(42-32-19-14-9-2)43-33-20-15-10-3)57-72-63(68)48-38-29-28-37-47-62(67)71-56-59(44-34-21-16-11-4)45-35-22-17-12-5/h24-25,58-60H,8-23,26-57H2,1-7H3/b25-24-. The molecule has 72 heavy (non-hydrogen) atoms. The molecule has 0 heterocycles. The fourth-order valence-electron chi connectivity index (χ4n) is 9.66. The fraction of sp³-hybridized carbons (Fsp3) is 0.921. The maximum Gasteiger partial charge on any atom is 0.305 e. The number of carbonyl (C=O) groups excluding carboxylic acids is 3. The number of nitrogens with zero attached hydrogens (tertiary/aromatic N) is 2. The summed E-state index contributed by atoms with van der Waals surface area (Å²) in [4.78, 5) is 43.2. The molecule has 0 spiro atoms. The lowest BCUT2D eigenvalue weighted by Crippen LogP contribution is -2.36. The molecule has 0 aromatic carbocycles. The Morgan fingerprint density at radius 3 is 1.17 bits per heavy atom. The first-order valence-electron chi connectivity index (χ1n) is 31.2. The van der Waals surface area contributed by atoms with Gasteiger partial charge >= 0.3 is 17.9 Å². The highest BCUT2D eigenvalue weighted by Gasteiger charge is 2.19. The van der Waals surface area contributed by atoms with Gasteiger partial charge in [0, 0.05) is 38.3 Å². The van der Waals surface area contributed by atoms with Crippen molar-refractivity contribution in [2.24, 2.45) is 17.8 Å². The lowest BCUT2D eigenvalue weighted by molar-refractivity contribution is -0.147. The SMILES string of the molecule is CCCCC/C=C\CCCN(CCCN(C)C)CC(COCCCCCCCC(=O)OCC(CCCCCC)CCCCCC)COC(=O)CCCCCCC(=O)OCC(CCCCCC)CCCCCC. The van der Waals surface area contributed by atoms with Gasteiger partial charge in [0.2, 0.25) is 0 Å². The van der Waals surface area contributed by atoms with Crippen LogP contribution in [0, 0.1) is 17.8 Å². The predicted octanol–water partition coefficient (Wildman–Crippen LogP) is 17.2. The molecule has 0 aliphatic carbocycles. The van der Waals surface area contributed by atoms with Crippen molar-refractivity contribution in [3.05, 3.63) is 12.2 Å². The van der Waals surface area contributed by atoms with Crippen LogP contribution < -0.4 is 0 Å². The van der Waals surface area contributed by atoms with Crippen molar-refractivity contribution in [2.75, 3.05) is 73.3 Å². The van der Waals surface area contributed by atoms with Crippen LogP contribution in [0.2, 0.25) is 0 Å². The molecule has 1 unspecified atom stereocenters. The number of hydrogen-bond acceptors (Lipinski definition) is 9. The molecule has 0 aliphatic rings. The summed E-state index contributed by atoms with van der Waals surface area (Å²) >= 11 is 0. The minimum absolute atomic E-state index is 0.0270. The van der Waals surface area contributed by atoms with Crippen molar-refractivity contribution in [1.29, 1.82) is 0 Å². The second-order valence-electron chi connectivity index (χ2n) is 22.1. The van der Waals surface area contributed by atoms with Crippen molar-refractivity contribution in [1.82, 2.24) is 9.80 Å². The second kappa shape index (κ2) is 55.3. The Morgan fingerprint density at radius 2 is 0.736 bits per heavy atom. The van der Waals surface area contributed by atoms with Crippen LogP contribution in [0.4, 0.5) is 0 Å². The molecule has 0 bridgehead atoms. The smallest absolute Gasteiger partial charge is 0.305 e. The number of esters is 3. The summed E-state index contributed by atoms with van der Waals surface area (Å²) in [5.74, 6) is 0.872. The Balaban J connectivity index is 4.98. The predicted molar refractivity (Wildman–Crippen MR) is 307 cm³/mol. The number of hydrogen-bond donors (Lipinski definition) is 0. The Bertz CT molecular complexity index is 1170. The van der Waals surface area contributed by atoms with E-state index in [0.717, 1.165) is 116 Å². The van der Waals surface area contributed by atoms with Crippen molar-refractivity contribution < 1.29 is 33.3 Å². The molecule has 9 heteroatoms. The Kier molecular flexibility index (Phi) is 53.8. The van der Waals surface area contributed by atoms with E-state index in [0.29, 0.717) is 64.1 Å². The summed E-state index contributed by atoms with van der Waals surface area (Å²) in [7, 11) is 4.27. The van der Waals surface area contributed by atoms with Crippen LogP contribution in [0.5, 0.6) is 0 Å². The summed E-state index contributed by atoms with van der Waals surface area (Å²) in [6.45, 7) is 18.0. The van der Waals surface area contributed by atoms with Crippen LogP contribution in [0.25, 0.3) is 0 Å². The van der Waals surface area contributed by atoms with Gasteiger partial charge < -0.3 is 28.7 Å². The molecule has 0 amide bonds. The van der Waals surface area contributed by atoms with Crippen molar-refractivity contribution in [3.8, 4) is 0 Å². The minimum atomic E-state index is -0.135. The lowest BCUT2D eigenvalue weighted by atomic mass is 9.95. The van der Waals surface area contributed by atoms with Gasteiger partial charge in [-0.1, -0.05) is 194 Å². The molecule has 0 radical (unpaired) electrons. The molecule has 1 atom stereocenters. The lowest BCUT2D eigenvalue weighted by Gasteiger charge is -2.28. The van der Waals surface area contributed by atoms with Crippen LogP contribution in [-0.2, 0) is 33.3 Å². The molecular weight excluding hydrogens is 897 g/mol. The van der Waals surface area contributed by atoms with Gasteiger partial charge in [0.1, 0.15) is 0 Å². The Hall–Kier alpha value is -1.97. The summed E-state index contributed by atoms with van der Waals surface area (Å²) in [6, 6.07) is 0. The van der Waals surface area contributed by atoms with Gasteiger partial charge in [0.25, 0.3) is 0 Å². The maximum atomic E-state index is 13.1. The second-order valence-corrected chi connectivity index (χ2v) is 22.1. The first-order valence-corrected chi connectivity index (χ1v) is 31.2. The van der Waals surface area contributed by atoms with Gasteiger partial charge in [-0.2, -0.15) is 0 Å². The Morgan fingerprint density at radius 1 is 0.375 bits per heavy atom. The van der Waals surface area contributed by atoms with Gasteiger partial charge in [-0.05, 0) is 129 Å². The van der Waals surface area contributed by atoms with Crippen molar-refractivity contribution in [2.45, 2.75) is 285 Å². The zero-order valence-electron chi connectivity index (χ0n) is 49.1. The largest absolute Gasteiger partial charge is 0.465 e. The van der Waals surface area contributed by atoms with E-state index in [1.807, 2.05) is 0 Å². The van der Waals surface area contributed by atoms with Crippen LogP contribution in [0.3, 0.4) is 0 Å². The molecule has 0 aromatic heterocycles. The molecule has 0 saturated heterocycles. The van der Waals surface area contributed by atoms with E-state index in [1.54, 1.807) is 0 Å². The number of ether oxygens (including phenoxy) is 4. The number of carbonyl (C=O) groups is 3. The van der Waals surface area contributed by atoms with Gasteiger partial charge in [-0.3, -0.25) is 14.4 Å². The third-order valence-electron chi connectivity index (χ3n) is 14.4. The molecule has 0 aliphatic heterocycles. The molecule has 0 rings (SSSR count). The zero-order valence-corrected chi connectivity index (χ0v) is 49.1. The van der Waals surface area contributed by atoms with Crippen LogP contribution in [0.15, 0.2) is 12.2 Å². The maximum absolute atomic E-state index is 13.1. The summed E-state index contributed by atoms with van der Waals surface area (Å²) < 4.78 is 23.9. The average Bonchev–Trinajstić information content (AvgIpc) is 3.37. The van der Waals surface area contributed by atoms with Gasteiger partial charge in [0.05, 0.1) is 26.4 Å². The number of unbranched alkanes of at least 4 members (excludes halogenated alkanes) is 23. The molecular formula is C63H122N2O7. The van der Waals surface area contributed by atoms with Crippen LogP contribution >= 0.6 is 0 Å². The third kappa shape index (κ3) is 50.2. The molecule has 9 nitrogen and oxygen atoms in total. The van der Waals surface area contributed by atoms with Crippen LogP contribution in [-0.4, -0.2) is 101 Å². The van der Waals surface area contributed by atoms with Gasteiger partial charge in [-0.25, -0.2) is 0 Å². The van der Waals surface area contributed by atoms with Crippen LogP contribution in [0.1, 0.15) is 285 Å². The average molecular weight is 1020 g/mol. The first-order chi connectivity index (χ1) is 35.2. The fourth-order valence-corrected chi connectivity index (χ4v) is 9.66. The first kappa shape index (κ1) is 70.0. The summed E-state index contributed by atoms with van der Waals surface area (Å²) in [6.07, 6.45) is 47.8. The highest BCUT2D eigenvalue weighted by atomic mass is 16.5. The third-order valence-corrected chi connectivity index (χ3v) is 14.4. The minimum Gasteiger partial charge on any atom is -0.465 e. The van der Waals surface area contributed by atoms with Gasteiger partial charge in [-0.15, -0.1) is 0 Å². The van der Waals surface area contributed by atoms with E-state index in [9.17, 15) is 14.4 Å². The van der Waals surface area contributed by atoms with E-state index in [-0.39, 0.29) is 23.8 Å². The molecule has 0 fully saturated rings. The normalized spacial score (nSPS) is 12.3. The van der Waals surface area contributed by atoms with E-state index >= 15 is 0 Å². The Labute approximate surface area is 447 Å². The molecule has 426 valence electrons. The van der Waals surface area contributed by atoms with E-state index < -0.39 is 0 Å². The monoisotopic (exact) mass is 1020 g/mol. The number of rotatable bonds is 57. The van der Waals surface area contributed by atoms with Crippen molar-refractivity contribution >= 4 is 17.9 Å². The topological polar surface area (TPSA) is 94.6 Å². The quantitative estimate of drug-likeness (QED) is 0.0255. The molecule has 0 N–H and O–H groups in total. The molecule has 0 saturated carbocycles. The highest BCUT2D eigenvalue weighted by molar-refractivity contribution is 5.70. The highest BCUT2D eigenvalue weighted by Crippen LogP contribution is 2.22. The summed E-state index contributed by atoms with van der Waals surface area (Å²) in [5, 5.41) is 0. The summed E-state index contributed by atoms with van der Waals surface area (Å²) in [5.41, 5.74) is 0. The zero-order chi connectivity index (χ0) is 52.8. The van der Waals surface area contributed by atoms with Crippen molar-refractivity contribution in [3.63, 3.8) is 0 Å². The van der Waals surface area contributed by atoms with E-state index in [1.165, 1.54) is 141 Å². The van der Waals surface area contributed by atoms with E-state index in [4.69, 9.17) is 18.9 Å².